The van der Waals surface area contributed by atoms with Crippen molar-refractivity contribution in [2.75, 3.05) is 7.11 Å². The van der Waals surface area contributed by atoms with Crippen molar-refractivity contribution >= 4 is 18.4 Å². The lowest BCUT2D eigenvalue weighted by molar-refractivity contribution is -0.141. The standard InChI is InChI=1S/C9H16O2.ClH/c1-11-9(10)7-8-5-3-2-4-6-8;/h8H,2-7H2,1H3;1H. The van der Waals surface area contributed by atoms with Crippen LogP contribution in [-0.2, 0) is 9.53 Å². The van der Waals surface area contributed by atoms with Crippen molar-refractivity contribution in [3.63, 3.8) is 0 Å². The van der Waals surface area contributed by atoms with Gasteiger partial charge in [0.2, 0.25) is 0 Å². The van der Waals surface area contributed by atoms with Crippen LogP contribution >= 0.6 is 12.4 Å². The van der Waals surface area contributed by atoms with Gasteiger partial charge in [-0.1, -0.05) is 19.3 Å². The molecule has 0 aromatic heterocycles. The molecule has 0 amide bonds. The number of carbonyl (C=O) groups is 1. The third-order valence-electron chi connectivity index (χ3n) is 2.41. The topological polar surface area (TPSA) is 26.3 Å². The quantitative estimate of drug-likeness (QED) is 0.629. The lowest BCUT2D eigenvalue weighted by Gasteiger charge is -2.19. The summed E-state index contributed by atoms with van der Waals surface area (Å²) in [5, 5.41) is 0. The molecule has 0 bridgehead atoms. The largest absolute Gasteiger partial charge is 0.469 e. The minimum absolute atomic E-state index is 0. The Balaban J connectivity index is 0.00000121. The average Bonchev–Trinajstić information content (AvgIpc) is 2.06. The van der Waals surface area contributed by atoms with Crippen LogP contribution in [0.25, 0.3) is 0 Å². The Labute approximate surface area is 80.1 Å². The Morgan fingerprint density at radius 3 is 2.42 bits per heavy atom. The van der Waals surface area contributed by atoms with E-state index >= 15 is 0 Å². The molecule has 0 aliphatic heterocycles. The number of halogens is 1. The highest BCUT2D eigenvalue weighted by Gasteiger charge is 2.16. The van der Waals surface area contributed by atoms with E-state index in [0.29, 0.717) is 12.3 Å². The summed E-state index contributed by atoms with van der Waals surface area (Å²) in [5.74, 6) is 0.563. The molecular weight excluding hydrogens is 176 g/mol. The number of hydrogen-bond acceptors (Lipinski definition) is 2. The Bertz CT molecular complexity index is 130. The molecule has 1 saturated carbocycles. The van der Waals surface area contributed by atoms with E-state index in [1.807, 2.05) is 0 Å². The van der Waals surface area contributed by atoms with Gasteiger partial charge in [-0.15, -0.1) is 12.4 Å². The Morgan fingerprint density at radius 1 is 1.33 bits per heavy atom. The maximum Gasteiger partial charge on any atom is 0.305 e. The molecule has 0 saturated heterocycles. The highest BCUT2D eigenvalue weighted by molar-refractivity contribution is 5.85. The van der Waals surface area contributed by atoms with E-state index in [1.54, 1.807) is 0 Å². The first-order chi connectivity index (χ1) is 5.33. The zero-order valence-electron chi connectivity index (χ0n) is 7.54. The summed E-state index contributed by atoms with van der Waals surface area (Å²) in [6, 6.07) is 0. The van der Waals surface area contributed by atoms with Crippen LogP contribution in [0.2, 0.25) is 0 Å². The summed E-state index contributed by atoms with van der Waals surface area (Å²) in [7, 11) is 1.46. The van der Waals surface area contributed by atoms with Crippen LogP contribution in [0.5, 0.6) is 0 Å². The predicted octanol–water partition coefficient (Wildman–Crippen LogP) is 2.55. The summed E-state index contributed by atoms with van der Waals surface area (Å²) in [4.78, 5) is 10.9. The molecule has 0 N–H and O–H groups in total. The van der Waals surface area contributed by atoms with Gasteiger partial charge in [0.05, 0.1) is 7.11 Å². The lowest BCUT2D eigenvalue weighted by atomic mass is 9.87. The van der Waals surface area contributed by atoms with Crippen molar-refractivity contribution in [2.24, 2.45) is 5.92 Å². The van der Waals surface area contributed by atoms with Gasteiger partial charge < -0.3 is 4.74 Å². The number of rotatable bonds is 2. The fourth-order valence-corrected chi connectivity index (χ4v) is 1.71. The van der Waals surface area contributed by atoms with E-state index in [1.165, 1.54) is 39.2 Å². The van der Waals surface area contributed by atoms with Crippen LogP contribution < -0.4 is 0 Å². The molecule has 2 nitrogen and oxygen atoms in total. The molecule has 12 heavy (non-hydrogen) atoms. The van der Waals surface area contributed by atoms with Crippen molar-refractivity contribution in [1.82, 2.24) is 0 Å². The van der Waals surface area contributed by atoms with Gasteiger partial charge in [-0.05, 0) is 18.8 Å². The van der Waals surface area contributed by atoms with E-state index in [0.717, 1.165) is 0 Å². The molecule has 0 heterocycles. The number of carbonyl (C=O) groups excluding carboxylic acids is 1. The average molecular weight is 193 g/mol. The fraction of sp³-hybridized carbons (Fsp3) is 0.889. The Kier molecular flexibility index (Phi) is 6.17. The van der Waals surface area contributed by atoms with Crippen molar-refractivity contribution < 1.29 is 9.53 Å². The monoisotopic (exact) mass is 192 g/mol. The summed E-state index contributed by atoms with van der Waals surface area (Å²) >= 11 is 0. The molecule has 0 aromatic rings. The molecule has 0 radical (unpaired) electrons. The van der Waals surface area contributed by atoms with E-state index < -0.39 is 0 Å². The third kappa shape index (κ3) is 3.96. The third-order valence-corrected chi connectivity index (χ3v) is 2.41. The maximum atomic E-state index is 10.9. The van der Waals surface area contributed by atoms with Crippen LogP contribution in [0.4, 0.5) is 0 Å². The molecule has 1 aliphatic rings. The van der Waals surface area contributed by atoms with Crippen molar-refractivity contribution in [2.45, 2.75) is 38.5 Å². The Hall–Kier alpha value is -0.240. The van der Waals surface area contributed by atoms with Crippen LogP contribution in [0, 0.1) is 5.92 Å². The van der Waals surface area contributed by atoms with Gasteiger partial charge in [-0.25, -0.2) is 0 Å². The fourth-order valence-electron chi connectivity index (χ4n) is 1.71. The molecule has 3 heteroatoms. The first kappa shape index (κ1) is 11.8. The second-order valence-electron chi connectivity index (χ2n) is 3.28. The predicted molar refractivity (Wildman–Crippen MR) is 50.5 cm³/mol. The molecule has 72 valence electrons. The maximum absolute atomic E-state index is 10.9. The number of hydrogen-bond donors (Lipinski definition) is 0. The molecule has 0 unspecified atom stereocenters. The minimum atomic E-state index is -0.0445. The first-order valence-corrected chi connectivity index (χ1v) is 4.39. The van der Waals surface area contributed by atoms with Crippen LogP contribution in [0.3, 0.4) is 0 Å². The van der Waals surface area contributed by atoms with Gasteiger partial charge in [-0.2, -0.15) is 0 Å². The molecule has 1 aliphatic carbocycles. The van der Waals surface area contributed by atoms with Crippen LogP contribution in [-0.4, -0.2) is 13.1 Å². The van der Waals surface area contributed by atoms with Gasteiger partial charge in [0.25, 0.3) is 0 Å². The van der Waals surface area contributed by atoms with Crippen LogP contribution in [0.15, 0.2) is 0 Å². The number of ether oxygens (including phenoxy) is 1. The molecule has 0 atom stereocenters. The second-order valence-corrected chi connectivity index (χ2v) is 3.28. The van der Waals surface area contributed by atoms with Crippen molar-refractivity contribution in [1.29, 1.82) is 0 Å². The SMILES string of the molecule is COC(=O)CC1CCCCC1.Cl. The molecule has 0 aromatic carbocycles. The van der Waals surface area contributed by atoms with Gasteiger partial charge in [0, 0.05) is 6.42 Å². The first-order valence-electron chi connectivity index (χ1n) is 4.39. The molecule has 1 rings (SSSR count). The van der Waals surface area contributed by atoms with Gasteiger partial charge in [0.1, 0.15) is 0 Å². The highest BCUT2D eigenvalue weighted by atomic mass is 35.5. The van der Waals surface area contributed by atoms with E-state index in [2.05, 4.69) is 4.74 Å². The minimum Gasteiger partial charge on any atom is -0.469 e. The lowest BCUT2D eigenvalue weighted by Crippen LogP contribution is -2.12. The second kappa shape index (κ2) is 6.30. The summed E-state index contributed by atoms with van der Waals surface area (Å²) in [6.07, 6.45) is 7.00. The Morgan fingerprint density at radius 2 is 1.92 bits per heavy atom. The van der Waals surface area contributed by atoms with E-state index in [4.69, 9.17) is 0 Å². The summed E-state index contributed by atoms with van der Waals surface area (Å²) in [6.45, 7) is 0. The smallest absolute Gasteiger partial charge is 0.305 e. The van der Waals surface area contributed by atoms with Crippen LogP contribution in [0.1, 0.15) is 38.5 Å². The van der Waals surface area contributed by atoms with Gasteiger partial charge in [-0.3, -0.25) is 4.79 Å². The zero-order valence-corrected chi connectivity index (χ0v) is 8.36. The van der Waals surface area contributed by atoms with Gasteiger partial charge >= 0.3 is 5.97 Å². The highest BCUT2D eigenvalue weighted by Crippen LogP contribution is 2.26. The van der Waals surface area contributed by atoms with E-state index in [9.17, 15) is 4.79 Å². The summed E-state index contributed by atoms with van der Waals surface area (Å²) in [5.41, 5.74) is 0. The summed E-state index contributed by atoms with van der Waals surface area (Å²) < 4.78 is 4.61. The normalized spacial score (nSPS) is 18.1. The van der Waals surface area contributed by atoms with Crippen molar-refractivity contribution in [3.05, 3.63) is 0 Å². The van der Waals surface area contributed by atoms with Crippen molar-refractivity contribution in [3.8, 4) is 0 Å². The molecule has 0 spiro atoms. The number of methoxy groups -OCH3 is 1. The zero-order chi connectivity index (χ0) is 8.10. The van der Waals surface area contributed by atoms with E-state index in [-0.39, 0.29) is 18.4 Å². The van der Waals surface area contributed by atoms with Gasteiger partial charge in [0.15, 0.2) is 0 Å². The number of esters is 1. The molecule has 1 fully saturated rings. The molecular formula is C9H17ClO2.